The quantitative estimate of drug-likeness (QED) is 0.768. The Hall–Kier alpha value is -1.78. The zero-order valence-corrected chi connectivity index (χ0v) is 10.2. The van der Waals surface area contributed by atoms with Crippen molar-refractivity contribution >= 4 is 0 Å². The van der Waals surface area contributed by atoms with Gasteiger partial charge in [-0.25, -0.2) is 4.68 Å². The van der Waals surface area contributed by atoms with Gasteiger partial charge in [-0.2, -0.15) is 18.3 Å². The van der Waals surface area contributed by atoms with E-state index in [4.69, 9.17) is 0 Å². The summed E-state index contributed by atoms with van der Waals surface area (Å²) < 4.78 is 40.5. The van der Waals surface area contributed by atoms with Crippen molar-refractivity contribution in [2.75, 3.05) is 0 Å². The Morgan fingerprint density at radius 1 is 1.00 bits per heavy atom. The highest BCUT2D eigenvalue weighted by molar-refractivity contribution is 5.39. The van der Waals surface area contributed by atoms with Crippen LogP contribution >= 0.6 is 0 Å². The van der Waals surface area contributed by atoms with E-state index in [1.165, 1.54) is 4.68 Å². The van der Waals surface area contributed by atoms with Gasteiger partial charge in [0.15, 0.2) is 5.69 Å². The minimum Gasteiger partial charge on any atom is -0.237 e. The van der Waals surface area contributed by atoms with Crippen LogP contribution in [-0.4, -0.2) is 9.78 Å². The van der Waals surface area contributed by atoms with Crippen molar-refractivity contribution in [3.63, 3.8) is 0 Å². The summed E-state index contributed by atoms with van der Waals surface area (Å²) in [4.78, 5) is 0. The smallest absolute Gasteiger partial charge is 0.237 e. The van der Waals surface area contributed by atoms with Crippen LogP contribution in [-0.2, 0) is 19.0 Å². The molecule has 0 saturated heterocycles. The molecule has 1 aliphatic rings. The minimum absolute atomic E-state index is 0.377. The van der Waals surface area contributed by atoms with E-state index < -0.39 is 11.9 Å². The average molecular weight is 266 g/mol. The van der Waals surface area contributed by atoms with Gasteiger partial charge in [-0.1, -0.05) is 18.2 Å². The SMILES string of the molecule is FC(F)(F)c1nn(-c2ccccc2)c2c1CCCC2. The molecule has 0 aliphatic heterocycles. The number of rotatable bonds is 1. The molecule has 1 aromatic carbocycles. The molecule has 2 aromatic rings. The minimum atomic E-state index is -4.37. The topological polar surface area (TPSA) is 17.8 Å². The lowest BCUT2D eigenvalue weighted by molar-refractivity contribution is -0.142. The van der Waals surface area contributed by atoms with Crippen LogP contribution in [0.3, 0.4) is 0 Å². The van der Waals surface area contributed by atoms with Crippen molar-refractivity contribution in [3.8, 4) is 5.69 Å². The third-order valence-electron chi connectivity index (χ3n) is 3.45. The van der Waals surface area contributed by atoms with E-state index in [0.717, 1.165) is 12.8 Å². The van der Waals surface area contributed by atoms with Crippen molar-refractivity contribution in [1.29, 1.82) is 0 Å². The summed E-state index contributed by atoms with van der Waals surface area (Å²) in [5.41, 5.74) is 1.06. The Morgan fingerprint density at radius 2 is 1.68 bits per heavy atom. The number of hydrogen-bond acceptors (Lipinski definition) is 1. The normalized spacial score (nSPS) is 15.3. The molecule has 3 rings (SSSR count). The highest BCUT2D eigenvalue weighted by atomic mass is 19.4. The summed E-state index contributed by atoms with van der Waals surface area (Å²) in [6.07, 6.45) is -1.52. The fraction of sp³-hybridized carbons (Fsp3) is 0.357. The molecule has 0 radical (unpaired) electrons. The first kappa shape index (κ1) is 12.3. The first-order valence-corrected chi connectivity index (χ1v) is 6.31. The maximum atomic E-state index is 13.0. The fourth-order valence-electron chi connectivity index (χ4n) is 2.61. The average Bonchev–Trinajstić information content (AvgIpc) is 2.79. The lowest BCUT2D eigenvalue weighted by Crippen LogP contribution is -2.11. The fourth-order valence-corrected chi connectivity index (χ4v) is 2.61. The molecule has 1 aliphatic carbocycles. The molecular weight excluding hydrogens is 253 g/mol. The van der Waals surface area contributed by atoms with Crippen LogP contribution in [0.4, 0.5) is 13.2 Å². The summed E-state index contributed by atoms with van der Waals surface area (Å²) in [6.45, 7) is 0. The third kappa shape index (κ3) is 2.13. The van der Waals surface area contributed by atoms with E-state index in [0.29, 0.717) is 29.8 Å². The van der Waals surface area contributed by atoms with Crippen LogP contribution in [0.2, 0.25) is 0 Å². The molecule has 0 unspecified atom stereocenters. The maximum absolute atomic E-state index is 13.0. The molecule has 0 amide bonds. The van der Waals surface area contributed by atoms with Crippen molar-refractivity contribution in [3.05, 3.63) is 47.3 Å². The molecule has 0 spiro atoms. The molecule has 0 atom stereocenters. The standard InChI is InChI=1S/C14H13F3N2/c15-14(16,17)13-11-8-4-5-9-12(11)19(18-13)10-6-2-1-3-7-10/h1-3,6-7H,4-5,8-9H2. The van der Waals surface area contributed by atoms with E-state index in [-0.39, 0.29) is 0 Å². The van der Waals surface area contributed by atoms with Crippen LogP contribution in [0.25, 0.3) is 5.69 Å². The van der Waals surface area contributed by atoms with E-state index in [1.807, 2.05) is 6.07 Å². The largest absolute Gasteiger partial charge is 0.435 e. The predicted octanol–water partition coefficient (Wildman–Crippen LogP) is 3.77. The molecule has 100 valence electrons. The molecule has 0 bridgehead atoms. The van der Waals surface area contributed by atoms with Gasteiger partial charge in [0.2, 0.25) is 0 Å². The number of nitrogens with zero attached hydrogens (tertiary/aromatic N) is 2. The summed E-state index contributed by atoms with van der Waals surface area (Å²) in [5, 5.41) is 3.82. The van der Waals surface area contributed by atoms with Gasteiger partial charge in [-0.05, 0) is 37.8 Å². The van der Waals surface area contributed by atoms with Crippen LogP contribution in [0.5, 0.6) is 0 Å². The second-order valence-electron chi connectivity index (χ2n) is 4.73. The molecule has 1 aromatic heterocycles. The number of alkyl halides is 3. The monoisotopic (exact) mass is 266 g/mol. The number of hydrogen-bond donors (Lipinski definition) is 0. The summed E-state index contributed by atoms with van der Waals surface area (Å²) in [5.74, 6) is 0. The Balaban J connectivity index is 2.18. The van der Waals surface area contributed by atoms with Gasteiger partial charge in [-0.3, -0.25) is 0 Å². The van der Waals surface area contributed by atoms with Crippen LogP contribution < -0.4 is 0 Å². The first-order valence-electron chi connectivity index (χ1n) is 6.31. The Bertz CT molecular complexity index is 585. The second kappa shape index (κ2) is 4.40. The zero-order chi connectivity index (χ0) is 13.5. The van der Waals surface area contributed by atoms with Crippen molar-refractivity contribution in [1.82, 2.24) is 9.78 Å². The summed E-state index contributed by atoms with van der Waals surface area (Å²) >= 11 is 0. The molecular formula is C14H13F3N2. The summed E-state index contributed by atoms with van der Waals surface area (Å²) in [7, 11) is 0. The number of para-hydroxylation sites is 1. The van der Waals surface area contributed by atoms with E-state index >= 15 is 0 Å². The van der Waals surface area contributed by atoms with Crippen molar-refractivity contribution in [2.24, 2.45) is 0 Å². The first-order chi connectivity index (χ1) is 9.07. The number of benzene rings is 1. The van der Waals surface area contributed by atoms with Gasteiger partial charge in [-0.15, -0.1) is 0 Å². The lowest BCUT2D eigenvalue weighted by atomic mass is 9.95. The highest BCUT2D eigenvalue weighted by Crippen LogP contribution is 2.36. The number of aromatic nitrogens is 2. The molecule has 0 fully saturated rings. The maximum Gasteiger partial charge on any atom is 0.435 e. The van der Waals surface area contributed by atoms with Gasteiger partial charge < -0.3 is 0 Å². The van der Waals surface area contributed by atoms with Gasteiger partial charge in [0.05, 0.1) is 5.69 Å². The Kier molecular flexibility index (Phi) is 2.84. The summed E-state index contributed by atoms with van der Waals surface area (Å²) in [6, 6.07) is 9.01. The van der Waals surface area contributed by atoms with Crippen molar-refractivity contribution in [2.45, 2.75) is 31.9 Å². The van der Waals surface area contributed by atoms with E-state index in [9.17, 15) is 13.2 Å². The Labute approximate surface area is 108 Å². The van der Waals surface area contributed by atoms with Crippen molar-refractivity contribution < 1.29 is 13.2 Å². The molecule has 2 nitrogen and oxygen atoms in total. The van der Waals surface area contributed by atoms with Gasteiger partial charge in [0, 0.05) is 11.3 Å². The van der Waals surface area contributed by atoms with Crippen LogP contribution in [0.15, 0.2) is 30.3 Å². The molecule has 0 saturated carbocycles. The molecule has 5 heteroatoms. The lowest BCUT2D eigenvalue weighted by Gasteiger charge is -2.14. The second-order valence-corrected chi connectivity index (χ2v) is 4.73. The van der Waals surface area contributed by atoms with Crippen LogP contribution in [0.1, 0.15) is 29.8 Å². The van der Waals surface area contributed by atoms with Crippen LogP contribution in [0, 0.1) is 0 Å². The van der Waals surface area contributed by atoms with E-state index in [1.54, 1.807) is 24.3 Å². The molecule has 1 heterocycles. The predicted molar refractivity (Wildman–Crippen MR) is 65.2 cm³/mol. The van der Waals surface area contributed by atoms with Gasteiger partial charge >= 0.3 is 6.18 Å². The number of fused-ring (bicyclic) bond motifs is 1. The zero-order valence-electron chi connectivity index (χ0n) is 10.2. The van der Waals surface area contributed by atoms with Gasteiger partial charge in [0.25, 0.3) is 0 Å². The number of halogens is 3. The highest BCUT2D eigenvalue weighted by Gasteiger charge is 2.39. The van der Waals surface area contributed by atoms with E-state index in [2.05, 4.69) is 5.10 Å². The van der Waals surface area contributed by atoms with Gasteiger partial charge in [0.1, 0.15) is 0 Å². The Morgan fingerprint density at radius 3 is 2.37 bits per heavy atom. The molecule has 19 heavy (non-hydrogen) atoms. The third-order valence-corrected chi connectivity index (χ3v) is 3.45. The molecule has 0 N–H and O–H groups in total.